The second-order valence-electron chi connectivity index (χ2n) is 5.93. The molecule has 2 aromatic carbocycles. The van der Waals surface area contributed by atoms with Crippen molar-refractivity contribution in [3.63, 3.8) is 0 Å². The largest absolute Gasteiger partial charge is 0.497 e. The summed E-state index contributed by atoms with van der Waals surface area (Å²) < 4.78 is 32.1. The third kappa shape index (κ3) is 4.06. The number of anilines is 1. The molecule has 8 heteroatoms. The molecule has 1 amide bonds. The van der Waals surface area contributed by atoms with Gasteiger partial charge in [-0.1, -0.05) is 6.07 Å². The molecule has 0 aromatic heterocycles. The molecule has 140 valence electrons. The predicted octanol–water partition coefficient (Wildman–Crippen LogP) is 3.40. The van der Waals surface area contributed by atoms with Crippen molar-refractivity contribution in [1.82, 2.24) is 10.6 Å². The maximum atomic E-state index is 13.7. The zero-order chi connectivity index (χ0) is 19.6. The topological polar surface area (TPSA) is 62.4 Å². The van der Waals surface area contributed by atoms with Crippen molar-refractivity contribution in [3.05, 3.63) is 70.9 Å². The second kappa shape index (κ2) is 7.71. The highest BCUT2D eigenvalue weighted by atomic mass is 32.1. The van der Waals surface area contributed by atoms with Gasteiger partial charge in [0.15, 0.2) is 16.7 Å². The van der Waals surface area contributed by atoms with Crippen LogP contribution in [-0.2, 0) is 4.79 Å². The van der Waals surface area contributed by atoms with Crippen LogP contribution in [0.25, 0.3) is 0 Å². The molecule has 0 unspecified atom stereocenters. The number of benzene rings is 2. The van der Waals surface area contributed by atoms with Crippen LogP contribution in [-0.4, -0.2) is 18.1 Å². The fourth-order valence-corrected chi connectivity index (χ4v) is 3.08. The van der Waals surface area contributed by atoms with Gasteiger partial charge in [-0.25, -0.2) is 8.78 Å². The van der Waals surface area contributed by atoms with Gasteiger partial charge in [-0.2, -0.15) is 0 Å². The fraction of sp³-hybridized carbons (Fsp3) is 0.158. The predicted molar refractivity (Wildman–Crippen MR) is 102 cm³/mol. The van der Waals surface area contributed by atoms with Crippen molar-refractivity contribution in [2.75, 3.05) is 12.4 Å². The molecule has 0 bridgehead atoms. The molecule has 0 saturated carbocycles. The number of carbonyl (C=O) groups excluding carboxylic acids is 1. The molecule has 5 nitrogen and oxygen atoms in total. The number of amides is 1. The first-order valence-corrected chi connectivity index (χ1v) is 8.48. The SMILES string of the molecule is COc1ccc(NC(=O)C2=C(C)NC(=S)N[C@H]2c2ccc(F)c(F)c2)cc1. The number of rotatable bonds is 4. The summed E-state index contributed by atoms with van der Waals surface area (Å²) in [6.07, 6.45) is 0. The summed E-state index contributed by atoms with van der Waals surface area (Å²) in [6.45, 7) is 1.70. The molecule has 0 spiro atoms. The first-order valence-electron chi connectivity index (χ1n) is 8.07. The smallest absolute Gasteiger partial charge is 0.255 e. The van der Waals surface area contributed by atoms with E-state index in [0.717, 1.165) is 12.1 Å². The summed E-state index contributed by atoms with van der Waals surface area (Å²) in [5, 5.41) is 8.91. The lowest BCUT2D eigenvalue weighted by atomic mass is 9.94. The van der Waals surface area contributed by atoms with Gasteiger partial charge in [-0.15, -0.1) is 0 Å². The van der Waals surface area contributed by atoms with Gasteiger partial charge in [0.2, 0.25) is 0 Å². The first kappa shape index (κ1) is 18.8. The van der Waals surface area contributed by atoms with E-state index in [1.807, 2.05) is 0 Å². The summed E-state index contributed by atoms with van der Waals surface area (Å²) in [5.41, 5.74) is 1.81. The fourth-order valence-electron chi connectivity index (χ4n) is 2.81. The van der Waals surface area contributed by atoms with Crippen LogP contribution in [0.4, 0.5) is 14.5 Å². The lowest BCUT2D eigenvalue weighted by Crippen LogP contribution is -2.45. The number of halogens is 2. The number of thiocarbonyl (C=S) groups is 1. The van der Waals surface area contributed by atoms with Gasteiger partial charge in [0.1, 0.15) is 5.75 Å². The average molecular weight is 389 g/mol. The minimum atomic E-state index is -0.994. The molecule has 0 fully saturated rings. The van der Waals surface area contributed by atoms with Crippen molar-refractivity contribution in [1.29, 1.82) is 0 Å². The van der Waals surface area contributed by atoms with E-state index in [1.54, 1.807) is 38.3 Å². The minimum absolute atomic E-state index is 0.295. The van der Waals surface area contributed by atoms with Gasteiger partial charge in [0.05, 0.1) is 18.7 Å². The second-order valence-corrected chi connectivity index (χ2v) is 6.33. The van der Waals surface area contributed by atoms with Crippen LogP contribution in [0.15, 0.2) is 53.7 Å². The summed E-state index contributed by atoms with van der Waals surface area (Å²) in [7, 11) is 1.55. The molecule has 2 aromatic rings. The molecule has 0 radical (unpaired) electrons. The molecule has 1 heterocycles. The highest BCUT2D eigenvalue weighted by molar-refractivity contribution is 7.80. The van der Waals surface area contributed by atoms with E-state index in [4.69, 9.17) is 17.0 Å². The zero-order valence-electron chi connectivity index (χ0n) is 14.6. The Morgan fingerprint density at radius 2 is 1.85 bits per heavy atom. The van der Waals surface area contributed by atoms with E-state index in [0.29, 0.717) is 33.4 Å². The Hall–Kier alpha value is -3.00. The van der Waals surface area contributed by atoms with E-state index in [1.165, 1.54) is 6.07 Å². The molecule has 1 aliphatic rings. The van der Waals surface area contributed by atoms with Gasteiger partial charge >= 0.3 is 0 Å². The number of nitrogens with one attached hydrogen (secondary N) is 3. The Labute approximate surface area is 160 Å². The van der Waals surface area contributed by atoms with Crippen molar-refractivity contribution in [2.24, 2.45) is 0 Å². The molecule has 1 atom stereocenters. The number of hydrogen-bond acceptors (Lipinski definition) is 3. The van der Waals surface area contributed by atoms with E-state index in [9.17, 15) is 13.6 Å². The molecular formula is C19H17F2N3O2S. The van der Waals surface area contributed by atoms with Crippen molar-refractivity contribution < 1.29 is 18.3 Å². The minimum Gasteiger partial charge on any atom is -0.497 e. The Kier molecular flexibility index (Phi) is 5.36. The quantitative estimate of drug-likeness (QED) is 0.700. The van der Waals surface area contributed by atoms with E-state index in [2.05, 4.69) is 16.0 Å². The summed E-state index contributed by atoms with van der Waals surface area (Å²) >= 11 is 5.15. The van der Waals surface area contributed by atoms with E-state index >= 15 is 0 Å². The third-order valence-electron chi connectivity index (χ3n) is 4.14. The van der Waals surface area contributed by atoms with Crippen LogP contribution in [0.1, 0.15) is 18.5 Å². The molecule has 27 heavy (non-hydrogen) atoms. The monoisotopic (exact) mass is 389 g/mol. The Morgan fingerprint density at radius 1 is 1.15 bits per heavy atom. The number of allylic oxidation sites excluding steroid dienone is 1. The standard InChI is InChI=1S/C19H17F2N3O2S/c1-10-16(18(25)23-12-4-6-13(26-2)7-5-12)17(24-19(27)22-10)11-3-8-14(20)15(21)9-11/h3-9,17H,1-2H3,(H,23,25)(H2,22,24,27)/t17-/m0/s1. The summed E-state index contributed by atoms with van der Waals surface area (Å²) in [6, 6.07) is 9.61. The first-order chi connectivity index (χ1) is 12.9. The average Bonchev–Trinajstić information content (AvgIpc) is 2.63. The molecular weight excluding hydrogens is 372 g/mol. The third-order valence-corrected chi connectivity index (χ3v) is 4.36. The van der Waals surface area contributed by atoms with Crippen LogP contribution in [0, 0.1) is 11.6 Å². The highest BCUT2D eigenvalue weighted by Gasteiger charge is 2.30. The lowest BCUT2D eigenvalue weighted by Gasteiger charge is -2.30. The molecule has 3 N–H and O–H groups in total. The van der Waals surface area contributed by atoms with Crippen LogP contribution in [0.5, 0.6) is 5.75 Å². The number of ether oxygens (including phenoxy) is 1. The Bertz CT molecular complexity index is 929. The highest BCUT2D eigenvalue weighted by Crippen LogP contribution is 2.29. The van der Waals surface area contributed by atoms with Crippen molar-refractivity contribution in [2.45, 2.75) is 13.0 Å². The van der Waals surface area contributed by atoms with E-state index in [-0.39, 0.29) is 0 Å². The van der Waals surface area contributed by atoms with Gasteiger partial charge < -0.3 is 20.7 Å². The number of hydrogen-bond donors (Lipinski definition) is 3. The molecule has 0 aliphatic carbocycles. The van der Waals surface area contributed by atoms with Crippen LogP contribution in [0.3, 0.4) is 0 Å². The Morgan fingerprint density at radius 3 is 2.48 bits per heavy atom. The summed E-state index contributed by atoms with van der Waals surface area (Å²) in [4.78, 5) is 12.9. The normalized spacial score (nSPS) is 16.4. The Balaban J connectivity index is 1.92. The lowest BCUT2D eigenvalue weighted by molar-refractivity contribution is -0.113. The van der Waals surface area contributed by atoms with Gasteiger partial charge in [-0.05, 0) is 61.1 Å². The zero-order valence-corrected chi connectivity index (χ0v) is 15.4. The van der Waals surface area contributed by atoms with Crippen molar-refractivity contribution in [3.8, 4) is 5.75 Å². The van der Waals surface area contributed by atoms with E-state index < -0.39 is 23.6 Å². The van der Waals surface area contributed by atoms with Gasteiger partial charge in [-0.3, -0.25) is 4.79 Å². The molecule has 0 saturated heterocycles. The molecule has 3 rings (SSSR count). The van der Waals surface area contributed by atoms with Crippen LogP contribution >= 0.6 is 12.2 Å². The van der Waals surface area contributed by atoms with Crippen molar-refractivity contribution >= 4 is 28.9 Å². The maximum Gasteiger partial charge on any atom is 0.255 e. The summed E-state index contributed by atoms with van der Waals surface area (Å²) in [5.74, 6) is -1.68. The van der Waals surface area contributed by atoms with Crippen LogP contribution < -0.4 is 20.7 Å². The molecule has 1 aliphatic heterocycles. The van der Waals surface area contributed by atoms with Gasteiger partial charge in [0, 0.05) is 11.4 Å². The van der Waals surface area contributed by atoms with Crippen LogP contribution in [0.2, 0.25) is 0 Å². The number of methoxy groups -OCH3 is 1. The maximum absolute atomic E-state index is 13.7. The number of carbonyl (C=O) groups is 1. The van der Waals surface area contributed by atoms with Gasteiger partial charge in [0.25, 0.3) is 5.91 Å².